The second-order valence-corrected chi connectivity index (χ2v) is 7.35. The summed E-state index contributed by atoms with van der Waals surface area (Å²) in [6.07, 6.45) is 2.10. The Kier molecular flexibility index (Phi) is 3.32. The first-order valence-corrected chi connectivity index (χ1v) is 7.96. The Bertz CT molecular complexity index is 562. The van der Waals surface area contributed by atoms with Gasteiger partial charge in [0.05, 0.1) is 6.04 Å². The Hall–Kier alpha value is -1.36. The van der Waals surface area contributed by atoms with Crippen LogP contribution in [0.25, 0.3) is 0 Å². The lowest BCUT2D eigenvalue weighted by Gasteiger charge is -2.36. The van der Waals surface area contributed by atoms with Gasteiger partial charge in [-0.25, -0.2) is 0 Å². The molecule has 3 rings (SSSR count). The minimum Gasteiger partial charge on any atom is -0.342 e. The number of amides is 2. The monoisotopic (exact) mass is 292 g/mol. The summed E-state index contributed by atoms with van der Waals surface area (Å²) >= 11 is 1.74. The molecule has 108 valence electrons. The molecule has 2 amide bonds. The Morgan fingerprint density at radius 1 is 1.35 bits per heavy atom. The van der Waals surface area contributed by atoms with Crippen molar-refractivity contribution in [2.45, 2.75) is 45.7 Å². The van der Waals surface area contributed by atoms with Crippen LogP contribution in [0.1, 0.15) is 41.1 Å². The van der Waals surface area contributed by atoms with Gasteiger partial charge in [-0.3, -0.25) is 9.59 Å². The van der Waals surface area contributed by atoms with Gasteiger partial charge < -0.3 is 10.2 Å². The molecule has 1 N–H and O–H groups in total. The fourth-order valence-corrected chi connectivity index (χ4v) is 4.02. The van der Waals surface area contributed by atoms with E-state index in [2.05, 4.69) is 25.2 Å². The fraction of sp³-hybridized carbons (Fsp3) is 0.600. The molecule has 2 unspecified atom stereocenters. The van der Waals surface area contributed by atoms with Gasteiger partial charge in [0.15, 0.2) is 0 Å². The lowest BCUT2D eigenvalue weighted by atomic mass is 10.0. The topological polar surface area (TPSA) is 49.4 Å². The molecule has 1 aromatic rings. The summed E-state index contributed by atoms with van der Waals surface area (Å²) in [5.41, 5.74) is 1.17. The molecule has 1 saturated carbocycles. The van der Waals surface area contributed by atoms with Crippen LogP contribution in [0.15, 0.2) is 6.07 Å². The third-order valence-electron chi connectivity index (χ3n) is 4.27. The lowest BCUT2D eigenvalue weighted by Crippen LogP contribution is -2.59. The maximum absolute atomic E-state index is 12.6. The maximum atomic E-state index is 12.6. The van der Waals surface area contributed by atoms with Crippen LogP contribution < -0.4 is 5.32 Å². The first kappa shape index (κ1) is 13.6. The van der Waals surface area contributed by atoms with Gasteiger partial charge in [-0.15, -0.1) is 11.3 Å². The van der Waals surface area contributed by atoms with Crippen molar-refractivity contribution >= 4 is 23.2 Å². The number of thiophene rings is 1. The van der Waals surface area contributed by atoms with E-state index >= 15 is 0 Å². The number of carbonyl (C=O) groups is 2. The van der Waals surface area contributed by atoms with Crippen molar-refractivity contribution in [3.63, 3.8) is 0 Å². The Morgan fingerprint density at radius 3 is 2.60 bits per heavy atom. The summed E-state index contributed by atoms with van der Waals surface area (Å²) in [5, 5.41) is 2.86. The molecular formula is C15H20N2O2S. The molecule has 0 aromatic carbocycles. The zero-order valence-corrected chi connectivity index (χ0v) is 12.9. The van der Waals surface area contributed by atoms with Crippen LogP contribution >= 0.6 is 11.3 Å². The highest BCUT2D eigenvalue weighted by Gasteiger charge is 2.44. The van der Waals surface area contributed by atoms with Gasteiger partial charge in [0, 0.05) is 9.75 Å². The van der Waals surface area contributed by atoms with Gasteiger partial charge in [0.1, 0.15) is 12.6 Å². The van der Waals surface area contributed by atoms with Crippen molar-refractivity contribution in [3.8, 4) is 0 Å². The molecule has 2 heterocycles. The number of nitrogens with zero attached hydrogens (tertiary/aromatic N) is 1. The largest absolute Gasteiger partial charge is 0.342 e. The van der Waals surface area contributed by atoms with Crippen LogP contribution in [0.5, 0.6) is 0 Å². The van der Waals surface area contributed by atoms with Crippen molar-refractivity contribution in [1.82, 2.24) is 10.2 Å². The maximum Gasteiger partial charge on any atom is 0.246 e. The van der Waals surface area contributed by atoms with Crippen LogP contribution in [-0.4, -0.2) is 29.3 Å². The zero-order chi connectivity index (χ0) is 14.4. The summed E-state index contributed by atoms with van der Waals surface area (Å²) in [5.74, 6) is 0.410. The van der Waals surface area contributed by atoms with E-state index in [4.69, 9.17) is 0 Å². The van der Waals surface area contributed by atoms with Crippen LogP contribution in [0, 0.1) is 19.8 Å². The van der Waals surface area contributed by atoms with Crippen molar-refractivity contribution in [3.05, 3.63) is 21.4 Å². The van der Waals surface area contributed by atoms with Gasteiger partial charge in [-0.2, -0.15) is 0 Å². The van der Waals surface area contributed by atoms with Crippen molar-refractivity contribution in [2.75, 3.05) is 6.54 Å². The smallest absolute Gasteiger partial charge is 0.246 e. The summed E-state index contributed by atoms with van der Waals surface area (Å²) in [7, 11) is 0. The van der Waals surface area contributed by atoms with Gasteiger partial charge in [0.2, 0.25) is 11.8 Å². The first-order valence-electron chi connectivity index (χ1n) is 7.14. The van der Waals surface area contributed by atoms with Crippen LogP contribution in [0.3, 0.4) is 0 Å². The van der Waals surface area contributed by atoms with Gasteiger partial charge in [0.25, 0.3) is 0 Å². The highest BCUT2D eigenvalue weighted by molar-refractivity contribution is 7.12. The van der Waals surface area contributed by atoms with Crippen molar-refractivity contribution in [1.29, 1.82) is 0 Å². The Morgan fingerprint density at radius 2 is 2.05 bits per heavy atom. The Labute approximate surface area is 123 Å². The Balaban J connectivity index is 1.85. The number of aryl methyl sites for hydroxylation is 2. The van der Waals surface area contributed by atoms with E-state index in [1.807, 2.05) is 6.92 Å². The lowest BCUT2D eigenvalue weighted by molar-refractivity contribution is -0.147. The van der Waals surface area contributed by atoms with Gasteiger partial charge >= 0.3 is 0 Å². The third kappa shape index (κ3) is 2.35. The zero-order valence-electron chi connectivity index (χ0n) is 12.1. The predicted octanol–water partition coefficient (Wildman–Crippen LogP) is 2.16. The van der Waals surface area contributed by atoms with E-state index in [-0.39, 0.29) is 30.4 Å². The summed E-state index contributed by atoms with van der Waals surface area (Å²) < 4.78 is 0. The molecule has 20 heavy (non-hydrogen) atoms. The van der Waals surface area contributed by atoms with Crippen molar-refractivity contribution in [2.24, 2.45) is 5.92 Å². The van der Waals surface area contributed by atoms with Crippen LogP contribution in [0.2, 0.25) is 0 Å². The molecule has 0 spiro atoms. The second kappa shape index (κ2) is 4.88. The normalized spacial score (nSPS) is 24.8. The second-order valence-electron chi connectivity index (χ2n) is 5.89. The molecule has 1 saturated heterocycles. The van der Waals surface area contributed by atoms with E-state index in [0.29, 0.717) is 5.92 Å². The summed E-state index contributed by atoms with van der Waals surface area (Å²) in [6.45, 7) is 6.36. The first-order chi connectivity index (χ1) is 9.47. The average molecular weight is 292 g/mol. The van der Waals surface area contributed by atoms with E-state index in [0.717, 1.165) is 12.8 Å². The minimum absolute atomic E-state index is 0.0280. The number of carbonyl (C=O) groups excluding carboxylic acids is 2. The number of hydrogen-bond acceptors (Lipinski definition) is 3. The van der Waals surface area contributed by atoms with E-state index in [1.54, 1.807) is 16.2 Å². The predicted molar refractivity (Wildman–Crippen MR) is 78.6 cm³/mol. The number of piperazine rings is 1. The van der Waals surface area contributed by atoms with E-state index in [9.17, 15) is 9.59 Å². The van der Waals surface area contributed by atoms with Crippen LogP contribution in [-0.2, 0) is 9.59 Å². The minimum atomic E-state index is -0.293. The number of rotatable bonds is 3. The van der Waals surface area contributed by atoms with E-state index in [1.165, 1.54) is 15.3 Å². The number of hydrogen-bond donors (Lipinski definition) is 1. The quantitative estimate of drug-likeness (QED) is 0.928. The summed E-state index contributed by atoms with van der Waals surface area (Å²) in [4.78, 5) is 28.7. The average Bonchev–Trinajstić information content (AvgIpc) is 3.16. The molecule has 1 aliphatic carbocycles. The highest BCUT2D eigenvalue weighted by Crippen LogP contribution is 2.37. The van der Waals surface area contributed by atoms with Gasteiger partial charge in [-0.05, 0) is 51.2 Å². The van der Waals surface area contributed by atoms with Crippen molar-refractivity contribution < 1.29 is 9.59 Å². The summed E-state index contributed by atoms with van der Waals surface area (Å²) in [6, 6.07) is 1.81. The molecule has 2 atom stereocenters. The molecule has 5 heteroatoms. The molecule has 4 nitrogen and oxygen atoms in total. The standard InChI is InChI=1S/C15H20N2O2S/c1-8-6-12(10(3)20-8)9(2)17-7-13(18)16-14(15(17)19)11-4-5-11/h6,9,11,14H,4-5,7H2,1-3H3,(H,16,18). The van der Waals surface area contributed by atoms with E-state index < -0.39 is 0 Å². The third-order valence-corrected chi connectivity index (χ3v) is 5.25. The molecule has 2 fully saturated rings. The molecule has 2 aliphatic rings. The van der Waals surface area contributed by atoms with Gasteiger partial charge in [-0.1, -0.05) is 0 Å². The number of nitrogens with one attached hydrogen (secondary N) is 1. The molecule has 1 aromatic heterocycles. The molecule has 0 bridgehead atoms. The SMILES string of the molecule is Cc1cc(C(C)N2CC(=O)NC(C3CC3)C2=O)c(C)s1. The molecule has 1 aliphatic heterocycles. The molecule has 0 radical (unpaired) electrons. The highest BCUT2D eigenvalue weighted by atomic mass is 32.1. The fourth-order valence-electron chi connectivity index (χ4n) is 3.00. The molecular weight excluding hydrogens is 272 g/mol. The van der Waals surface area contributed by atoms with Crippen LogP contribution in [0.4, 0.5) is 0 Å².